The van der Waals surface area contributed by atoms with Gasteiger partial charge in [0, 0.05) is 10.6 Å². The monoisotopic (exact) mass is 398 g/mol. The molecule has 1 heterocycles. The number of benzene rings is 1. The molecule has 0 spiro atoms. The molecule has 26 heavy (non-hydrogen) atoms. The van der Waals surface area contributed by atoms with Crippen LogP contribution >= 0.6 is 23.2 Å². The van der Waals surface area contributed by atoms with Gasteiger partial charge in [-0.15, -0.1) is 0 Å². The highest BCUT2D eigenvalue weighted by molar-refractivity contribution is 6.35. The van der Waals surface area contributed by atoms with Gasteiger partial charge in [-0.2, -0.15) is 5.26 Å². The minimum Gasteiger partial charge on any atom is -0.465 e. The van der Waals surface area contributed by atoms with Crippen LogP contribution < -0.4 is 10.5 Å². The van der Waals surface area contributed by atoms with E-state index < -0.39 is 23.8 Å². The predicted molar refractivity (Wildman–Crippen MR) is 93.4 cm³/mol. The van der Waals surface area contributed by atoms with Crippen LogP contribution in [0.3, 0.4) is 0 Å². The summed E-state index contributed by atoms with van der Waals surface area (Å²) in [5.41, 5.74) is 6.01. The Morgan fingerprint density at radius 1 is 1.31 bits per heavy atom. The van der Waals surface area contributed by atoms with Crippen molar-refractivity contribution >= 4 is 35.1 Å². The number of hydrogen-bond donors (Lipinski definition) is 1. The molecule has 0 saturated carbocycles. The van der Waals surface area contributed by atoms with Gasteiger partial charge in [0.1, 0.15) is 5.57 Å². The molecule has 138 valence electrons. The quantitative estimate of drug-likeness (QED) is 0.758. The fraction of sp³-hybridized carbons (Fsp3) is 0.353. The molecule has 0 radical (unpaired) electrons. The molecule has 2 rings (SSSR count). The number of rotatable bonds is 5. The van der Waals surface area contributed by atoms with Gasteiger partial charge in [0.15, 0.2) is 11.7 Å². The lowest BCUT2D eigenvalue weighted by atomic mass is 9.79. The Balaban J connectivity index is 2.70. The first kappa shape index (κ1) is 19.9. The Morgan fingerprint density at radius 3 is 2.54 bits per heavy atom. The van der Waals surface area contributed by atoms with Gasteiger partial charge in [-0.3, -0.25) is 4.79 Å². The lowest BCUT2D eigenvalue weighted by Gasteiger charge is -2.30. The first-order valence-electron chi connectivity index (χ1n) is 7.75. The third-order valence-corrected chi connectivity index (χ3v) is 4.17. The van der Waals surface area contributed by atoms with Crippen LogP contribution in [-0.2, 0) is 19.1 Å². The lowest BCUT2D eigenvalue weighted by molar-refractivity contribution is -0.146. The van der Waals surface area contributed by atoms with Gasteiger partial charge in [0.2, 0.25) is 5.88 Å². The second kappa shape index (κ2) is 8.30. The predicted octanol–water partition coefficient (Wildman–Crippen LogP) is 2.91. The largest absolute Gasteiger partial charge is 0.465 e. The molecule has 2 atom stereocenters. The summed E-state index contributed by atoms with van der Waals surface area (Å²) in [6.07, 6.45) is 0. The summed E-state index contributed by atoms with van der Waals surface area (Å²) in [6.45, 7) is 3.36. The van der Waals surface area contributed by atoms with Crippen molar-refractivity contribution < 1.29 is 23.8 Å². The molecule has 0 aliphatic carbocycles. The van der Waals surface area contributed by atoms with E-state index >= 15 is 0 Å². The maximum Gasteiger partial charge on any atom is 0.340 e. The van der Waals surface area contributed by atoms with Gasteiger partial charge in [-0.05, 0) is 26.0 Å². The average Bonchev–Trinajstić information content (AvgIpc) is 2.56. The smallest absolute Gasteiger partial charge is 0.340 e. The molecular weight excluding hydrogens is 383 g/mol. The van der Waals surface area contributed by atoms with Crippen molar-refractivity contribution in [3.05, 3.63) is 39.2 Å². The topological polar surface area (TPSA) is 112 Å². The summed E-state index contributed by atoms with van der Waals surface area (Å²) in [7, 11) is 0. The molecule has 1 aliphatic heterocycles. The van der Waals surface area contributed by atoms with Crippen molar-refractivity contribution in [3.8, 4) is 11.8 Å². The number of carbonyl (C=O) groups excluding carboxylic acids is 2. The van der Waals surface area contributed by atoms with Crippen LogP contribution in [-0.4, -0.2) is 25.2 Å². The van der Waals surface area contributed by atoms with Crippen LogP contribution in [0.2, 0.25) is 10.0 Å². The third kappa shape index (κ3) is 3.71. The summed E-state index contributed by atoms with van der Waals surface area (Å²) < 4.78 is 15.4. The van der Waals surface area contributed by atoms with E-state index in [4.69, 9.17) is 43.1 Å². The lowest BCUT2D eigenvalue weighted by Crippen LogP contribution is -2.34. The summed E-state index contributed by atoms with van der Waals surface area (Å²) in [5, 5.41) is 9.95. The third-order valence-electron chi connectivity index (χ3n) is 3.67. The number of nitrogens with two attached hydrogens (primary N) is 1. The first-order valence-corrected chi connectivity index (χ1v) is 8.51. The van der Waals surface area contributed by atoms with E-state index in [2.05, 4.69) is 0 Å². The number of nitrogens with zero attached hydrogens (tertiary/aromatic N) is 1. The van der Waals surface area contributed by atoms with Gasteiger partial charge in [0.25, 0.3) is 0 Å². The van der Waals surface area contributed by atoms with E-state index in [-0.39, 0.29) is 46.0 Å². The molecule has 0 amide bonds. The maximum atomic E-state index is 12.4. The number of halogens is 2. The summed E-state index contributed by atoms with van der Waals surface area (Å²) >= 11 is 12.2. The normalized spacial score (nSPS) is 16.8. The Bertz CT molecular complexity index is 816. The van der Waals surface area contributed by atoms with E-state index in [9.17, 15) is 14.9 Å². The molecular formula is C17H16Cl2N2O5. The van der Waals surface area contributed by atoms with Crippen molar-refractivity contribution in [2.75, 3.05) is 13.2 Å². The highest BCUT2D eigenvalue weighted by atomic mass is 35.5. The molecule has 0 aromatic heterocycles. The minimum absolute atomic E-state index is 0.0668. The van der Waals surface area contributed by atoms with E-state index in [1.807, 2.05) is 6.07 Å². The Labute approximate surface area is 160 Å². The summed E-state index contributed by atoms with van der Waals surface area (Å²) in [6, 6.07) is 4.75. The zero-order valence-corrected chi connectivity index (χ0v) is 15.6. The van der Waals surface area contributed by atoms with Crippen molar-refractivity contribution in [1.82, 2.24) is 0 Å². The minimum atomic E-state index is -1.37. The molecule has 1 aromatic rings. The number of fused-ring (bicyclic) bond motifs is 1. The fourth-order valence-electron chi connectivity index (χ4n) is 2.67. The Hall–Kier alpha value is -2.43. The zero-order valence-electron chi connectivity index (χ0n) is 14.0. The SMILES string of the molecule is CCOC(=O)C1=C(N)Oc2c(Cl)cc(Cl)cc2C1C(C#N)C(=O)OCC. The van der Waals surface area contributed by atoms with Crippen LogP contribution in [0.4, 0.5) is 0 Å². The summed E-state index contributed by atoms with van der Waals surface area (Å²) in [5.74, 6) is -4.26. The van der Waals surface area contributed by atoms with Gasteiger partial charge in [0.05, 0.1) is 30.2 Å². The number of hydrogen-bond acceptors (Lipinski definition) is 7. The second-order valence-corrected chi connectivity index (χ2v) is 6.09. The molecule has 2 N–H and O–H groups in total. The van der Waals surface area contributed by atoms with E-state index in [0.29, 0.717) is 0 Å². The second-order valence-electron chi connectivity index (χ2n) is 5.24. The Kier molecular flexibility index (Phi) is 6.35. The molecule has 0 saturated heterocycles. The van der Waals surface area contributed by atoms with Crippen molar-refractivity contribution in [3.63, 3.8) is 0 Å². The average molecular weight is 399 g/mol. The number of carbonyl (C=O) groups is 2. The molecule has 1 aliphatic rings. The fourth-order valence-corrected chi connectivity index (χ4v) is 3.22. The molecule has 0 bridgehead atoms. The molecule has 0 fully saturated rings. The standard InChI is InChI=1S/C17H16Cl2N2O5/c1-3-24-16(22)10(7-20)12-9-5-8(18)6-11(19)14(9)26-15(21)13(12)17(23)25-4-2/h5-6,10,12H,3-4,21H2,1-2H3. The van der Waals surface area contributed by atoms with Crippen molar-refractivity contribution in [2.24, 2.45) is 11.7 Å². The van der Waals surface area contributed by atoms with Crippen LogP contribution in [0.15, 0.2) is 23.6 Å². The van der Waals surface area contributed by atoms with E-state index in [0.717, 1.165) is 0 Å². The van der Waals surface area contributed by atoms with Gasteiger partial charge < -0.3 is 19.9 Å². The van der Waals surface area contributed by atoms with Crippen LogP contribution in [0, 0.1) is 17.2 Å². The Morgan fingerprint density at radius 2 is 1.96 bits per heavy atom. The number of nitriles is 1. The maximum absolute atomic E-state index is 12.4. The van der Waals surface area contributed by atoms with Gasteiger partial charge in [-0.25, -0.2) is 4.79 Å². The van der Waals surface area contributed by atoms with Crippen molar-refractivity contribution in [2.45, 2.75) is 19.8 Å². The van der Waals surface area contributed by atoms with Crippen LogP contribution in [0.1, 0.15) is 25.3 Å². The van der Waals surface area contributed by atoms with Gasteiger partial charge >= 0.3 is 11.9 Å². The highest BCUT2D eigenvalue weighted by Gasteiger charge is 2.44. The first-order chi connectivity index (χ1) is 12.3. The van der Waals surface area contributed by atoms with Crippen LogP contribution in [0.5, 0.6) is 5.75 Å². The molecule has 2 unspecified atom stereocenters. The molecule has 1 aromatic carbocycles. The van der Waals surface area contributed by atoms with E-state index in [1.165, 1.54) is 12.1 Å². The highest BCUT2D eigenvalue weighted by Crippen LogP contribution is 2.47. The number of esters is 2. The van der Waals surface area contributed by atoms with Crippen molar-refractivity contribution in [1.29, 1.82) is 5.26 Å². The van der Waals surface area contributed by atoms with E-state index in [1.54, 1.807) is 13.8 Å². The van der Waals surface area contributed by atoms with Crippen LogP contribution in [0.25, 0.3) is 0 Å². The molecule has 9 heteroatoms. The zero-order chi connectivity index (χ0) is 19.4. The van der Waals surface area contributed by atoms with Gasteiger partial charge in [-0.1, -0.05) is 23.2 Å². The number of ether oxygens (including phenoxy) is 3. The molecule has 7 nitrogen and oxygen atoms in total. The summed E-state index contributed by atoms with van der Waals surface area (Å²) in [4.78, 5) is 24.8.